The summed E-state index contributed by atoms with van der Waals surface area (Å²) < 4.78 is 48.4. The highest BCUT2D eigenvalue weighted by atomic mass is 32.2. The summed E-state index contributed by atoms with van der Waals surface area (Å²) in [5.74, 6) is 0. The van der Waals surface area contributed by atoms with Crippen molar-refractivity contribution in [1.82, 2.24) is 4.72 Å². The molecule has 0 saturated heterocycles. The minimum Gasteiger partial charge on any atom is -0.225 e. The summed E-state index contributed by atoms with van der Waals surface area (Å²) in [4.78, 5) is -0.137. The first-order chi connectivity index (χ1) is 7.92. The van der Waals surface area contributed by atoms with E-state index in [-0.39, 0.29) is 9.79 Å². The second kappa shape index (κ2) is 4.61. The fourth-order valence-corrected chi connectivity index (χ4v) is 3.20. The van der Waals surface area contributed by atoms with Crippen molar-refractivity contribution in [2.75, 3.05) is 0 Å². The lowest BCUT2D eigenvalue weighted by atomic mass is 10.1. The summed E-state index contributed by atoms with van der Waals surface area (Å²) in [6, 6.07) is 4.72. The lowest BCUT2D eigenvalue weighted by molar-refractivity contribution is 0.491. The van der Waals surface area contributed by atoms with Crippen molar-refractivity contribution in [3.8, 4) is 0 Å². The van der Waals surface area contributed by atoms with Crippen LogP contribution in [0.25, 0.3) is 0 Å². The fourth-order valence-electron chi connectivity index (χ4n) is 1.27. The molecule has 0 heterocycles. The molecule has 0 radical (unpaired) electrons. The third-order valence-corrected chi connectivity index (χ3v) is 4.61. The summed E-state index contributed by atoms with van der Waals surface area (Å²) in [5, 5.41) is 4.92. The van der Waals surface area contributed by atoms with Crippen molar-refractivity contribution in [3.05, 3.63) is 24.3 Å². The van der Waals surface area contributed by atoms with Crippen molar-refractivity contribution in [2.24, 2.45) is 5.14 Å². The first kappa shape index (κ1) is 15.1. The molecule has 3 N–H and O–H groups in total. The highest BCUT2D eigenvalue weighted by molar-refractivity contribution is 7.89. The van der Waals surface area contributed by atoms with Crippen LogP contribution >= 0.6 is 0 Å². The normalized spacial score (nSPS) is 13.6. The molecule has 0 bridgehead atoms. The van der Waals surface area contributed by atoms with E-state index >= 15 is 0 Å². The zero-order valence-electron chi connectivity index (χ0n) is 10.3. The van der Waals surface area contributed by atoms with E-state index < -0.39 is 25.6 Å². The van der Waals surface area contributed by atoms with Gasteiger partial charge in [0.25, 0.3) is 0 Å². The number of hydrogen-bond acceptors (Lipinski definition) is 4. The predicted molar refractivity (Wildman–Crippen MR) is 67.9 cm³/mol. The van der Waals surface area contributed by atoms with Crippen molar-refractivity contribution >= 4 is 20.0 Å². The molecule has 0 fully saturated rings. The molecule has 0 atom stereocenters. The van der Waals surface area contributed by atoms with E-state index in [9.17, 15) is 16.8 Å². The molecule has 0 amide bonds. The molecule has 102 valence electrons. The Kier molecular flexibility index (Phi) is 3.87. The largest absolute Gasteiger partial charge is 0.241 e. The van der Waals surface area contributed by atoms with Gasteiger partial charge in [0, 0.05) is 5.54 Å². The Labute approximate surface area is 107 Å². The van der Waals surface area contributed by atoms with Gasteiger partial charge < -0.3 is 0 Å². The average molecular weight is 292 g/mol. The van der Waals surface area contributed by atoms with Gasteiger partial charge in [0.2, 0.25) is 20.0 Å². The van der Waals surface area contributed by atoms with Crippen LogP contribution in [-0.2, 0) is 20.0 Å². The molecule has 0 unspecified atom stereocenters. The average Bonchev–Trinajstić information content (AvgIpc) is 2.13. The third kappa shape index (κ3) is 4.05. The summed E-state index contributed by atoms with van der Waals surface area (Å²) >= 11 is 0. The quantitative estimate of drug-likeness (QED) is 0.841. The lowest BCUT2D eigenvalue weighted by Crippen LogP contribution is -2.40. The minimum absolute atomic E-state index is 0.00942. The van der Waals surface area contributed by atoms with E-state index in [0.29, 0.717) is 0 Å². The first-order valence-corrected chi connectivity index (χ1v) is 8.12. The van der Waals surface area contributed by atoms with Crippen LogP contribution in [0, 0.1) is 0 Å². The molecule has 1 rings (SSSR count). The van der Waals surface area contributed by atoms with Gasteiger partial charge in [-0.25, -0.2) is 26.7 Å². The van der Waals surface area contributed by atoms with Crippen LogP contribution in [0.2, 0.25) is 0 Å². The number of hydrogen-bond donors (Lipinski definition) is 2. The number of benzene rings is 1. The molecule has 1 aromatic rings. The molecule has 18 heavy (non-hydrogen) atoms. The topological polar surface area (TPSA) is 106 Å². The maximum atomic E-state index is 11.9. The molecular formula is C10H16N2O4S2. The Hall–Kier alpha value is -0.960. The van der Waals surface area contributed by atoms with Gasteiger partial charge in [-0.15, -0.1) is 0 Å². The standard InChI is InChI=1S/C10H16N2O4S2/c1-10(2,3)12-18(15,16)9-6-4-8(5-7-9)17(11,13)14/h4-7,12H,1-3H3,(H2,11,13,14). The van der Waals surface area contributed by atoms with Gasteiger partial charge in [-0.2, -0.15) is 0 Å². The van der Waals surface area contributed by atoms with Crippen LogP contribution in [0.15, 0.2) is 34.1 Å². The number of rotatable bonds is 3. The smallest absolute Gasteiger partial charge is 0.225 e. The fraction of sp³-hybridized carbons (Fsp3) is 0.400. The second-order valence-corrected chi connectivity index (χ2v) is 8.12. The summed E-state index contributed by atoms with van der Waals surface area (Å²) in [5.41, 5.74) is -0.614. The van der Waals surface area contributed by atoms with Gasteiger partial charge in [0.05, 0.1) is 9.79 Å². The first-order valence-electron chi connectivity index (χ1n) is 5.09. The molecule has 0 aliphatic rings. The molecule has 0 aromatic heterocycles. The monoisotopic (exact) mass is 292 g/mol. The Morgan fingerprint density at radius 2 is 1.33 bits per heavy atom. The molecule has 0 saturated carbocycles. The van der Waals surface area contributed by atoms with E-state index in [1.807, 2.05) is 0 Å². The van der Waals surface area contributed by atoms with Crippen molar-refractivity contribution < 1.29 is 16.8 Å². The number of nitrogens with two attached hydrogens (primary N) is 1. The van der Waals surface area contributed by atoms with Crippen LogP contribution in [0.4, 0.5) is 0 Å². The summed E-state index contributed by atoms with van der Waals surface area (Å²) in [6.07, 6.45) is 0. The van der Waals surface area contributed by atoms with Crippen LogP contribution in [0.5, 0.6) is 0 Å². The van der Waals surface area contributed by atoms with Gasteiger partial charge in [0.1, 0.15) is 0 Å². The third-order valence-electron chi connectivity index (χ3n) is 1.90. The molecule has 0 aliphatic heterocycles. The predicted octanol–water partition coefficient (Wildman–Crippen LogP) is 0.411. The van der Waals surface area contributed by atoms with E-state index in [4.69, 9.17) is 5.14 Å². The SMILES string of the molecule is CC(C)(C)NS(=O)(=O)c1ccc(S(N)(=O)=O)cc1. The van der Waals surface area contributed by atoms with E-state index in [1.165, 1.54) is 12.1 Å². The highest BCUT2D eigenvalue weighted by Crippen LogP contribution is 2.15. The zero-order valence-corrected chi connectivity index (χ0v) is 12.0. The molecular weight excluding hydrogens is 276 g/mol. The maximum absolute atomic E-state index is 11.9. The summed E-state index contributed by atoms with van der Waals surface area (Å²) in [7, 11) is -7.48. The van der Waals surface area contributed by atoms with E-state index in [0.717, 1.165) is 12.1 Å². The Morgan fingerprint density at radius 3 is 1.67 bits per heavy atom. The van der Waals surface area contributed by atoms with Crippen LogP contribution in [0.3, 0.4) is 0 Å². The van der Waals surface area contributed by atoms with Crippen LogP contribution < -0.4 is 9.86 Å². The molecule has 0 aliphatic carbocycles. The number of nitrogens with one attached hydrogen (secondary N) is 1. The van der Waals surface area contributed by atoms with E-state index in [1.54, 1.807) is 20.8 Å². The molecule has 6 nitrogen and oxygen atoms in total. The summed E-state index contributed by atoms with van der Waals surface area (Å²) in [6.45, 7) is 5.13. The lowest BCUT2D eigenvalue weighted by Gasteiger charge is -2.20. The van der Waals surface area contributed by atoms with Crippen molar-refractivity contribution in [2.45, 2.75) is 36.1 Å². The Morgan fingerprint density at radius 1 is 0.944 bits per heavy atom. The maximum Gasteiger partial charge on any atom is 0.241 e. The van der Waals surface area contributed by atoms with Gasteiger partial charge in [0.15, 0.2) is 0 Å². The van der Waals surface area contributed by atoms with Crippen LogP contribution in [-0.4, -0.2) is 22.4 Å². The number of sulfonamides is 2. The Balaban J connectivity index is 3.14. The molecule has 1 aromatic carbocycles. The van der Waals surface area contributed by atoms with Gasteiger partial charge in [-0.3, -0.25) is 0 Å². The Bertz CT molecular complexity index is 625. The van der Waals surface area contributed by atoms with Crippen molar-refractivity contribution in [3.63, 3.8) is 0 Å². The van der Waals surface area contributed by atoms with Gasteiger partial charge >= 0.3 is 0 Å². The zero-order chi connectivity index (χ0) is 14.2. The number of primary sulfonamides is 1. The van der Waals surface area contributed by atoms with Crippen molar-refractivity contribution in [1.29, 1.82) is 0 Å². The van der Waals surface area contributed by atoms with E-state index in [2.05, 4.69) is 4.72 Å². The second-order valence-electron chi connectivity index (χ2n) is 4.87. The van der Waals surface area contributed by atoms with Crippen LogP contribution in [0.1, 0.15) is 20.8 Å². The van der Waals surface area contributed by atoms with Gasteiger partial charge in [-0.1, -0.05) is 0 Å². The van der Waals surface area contributed by atoms with Gasteiger partial charge in [-0.05, 0) is 45.0 Å². The molecule has 0 spiro atoms. The highest BCUT2D eigenvalue weighted by Gasteiger charge is 2.22. The molecule has 8 heteroatoms. The minimum atomic E-state index is -3.82.